The predicted octanol–water partition coefficient (Wildman–Crippen LogP) is 0.386. The molecular weight excluding hydrogens is 346 g/mol. The van der Waals surface area contributed by atoms with Crippen molar-refractivity contribution in [3.8, 4) is 0 Å². The highest BCUT2D eigenvalue weighted by Crippen LogP contribution is 2.42. The van der Waals surface area contributed by atoms with Gasteiger partial charge in [0.1, 0.15) is 0 Å². The second-order valence-corrected chi connectivity index (χ2v) is 8.32. The number of carbonyl (C=O) groups excluding carboxylic acids is 1. The summed E-state index contributed by atoms with van der Waals surface area (Å²) in [6, 6.07) is -0.0500. The number of hydrogen-bond acceptors (Lipinski definition) is 5. The Kier molecular flexibility index (Phi) is 4.94. The number of piperidine rings is 2. The Hall–Kier alpha value is -1.93. The third-order valence-corrected chi connectivity index (χ3v) is 6.67. The number of nitrogens with zero attached hydrogens (tertiary/aromatic N) is 3. The van der Waals surface area contributed by atoms with E-state index in [2.05, 4.69) is 20.4 Å². The lowest BCUT2D eigenvalue weighted by atomic mass is 9.67. The molecule has 0 aromatic carbocycles. The quantitative estimate of drug-likeness (QED) is 0.688. The van der Waals surface area contributed by atoms with E-state index in [0.717, 1.165) is 63.9 Å². The fourth-order valence-electron chi connectivity index (χ4n) is 5.24. The summed E-state index contributed by atoms with van der Waals surface area (Å²) >= 11 is 0. The van der Waals surface area contributed by atoms with Crippen LogP contribution >= 0.6 is 0 Å². The summed E-state index contributed by atoms with van der Waals surface area (Å²) in [6.07, 6.45) is 5.67. The molecular formula is C19H29N5O3. The van der Waals surface area contributed by atoms with Crippen molar-refractivity contribution in [2.75, 3.05) is 33.2 Å². The van der Waals surface area contributed by atoms with Crippen LogP contribution in [0.2, 0.25) is 0 Å². The van der Waals surface area contributed by atoms with Gasteiger partial charge in [0.25, 0.3) is 0 Å². The van der Waals surface area contributed by atoms with Crippen LogP contribution in [0.15, 0.2) is 0 Å². The van der Waals surface area contributed by atoms with Crippen molar-refractivity contribution < 1.29 is 14.7 Å². The molecule has 8 heteroatoms. The smallest absolute Gasteiger partial charge is 0.317 e. The van der Waals surface area contributed by atoms with Crippen molar-refractivity contribution in [3.05, 3.63) is 17.0 Å². The Morgan fingerprint density at radius 3 is 2.96 bits per heavy atom. The fraction of sp³-hybridized carbons (Fsp3) is 0.737. The number of fused-ring (bicyclic) bond motifs is 2. The maximum Gasteiger partial charge on any atom is 0.317 e. The zero-order valence-corrected chi connectivity index (χ0v) is 16.0. The average Bonchev–Trinajstić information content (AvgIpc) is 3.24. The van der Waals surface area contributed by atoms with Crippen molar-refractivity contribution in [1.82, 2.24) is 25.3 Å². The number of aryl methyl sites for hydroxylation is 1. The Bertz CT molecular complexity index is 733. The molecule has 0 spiro atoms. The van der Waals surface area contributed by atoms with Gasteiger partial charge in [-0.1, -0.05) is 0 Å². The SMILES string of the molecule is CN1CC[C@]2(C(=O)NCc3n[nH]c4c3CCC4)CCCN(CC(=O)O)[C@H]2C1. The van der Waals surface area contributed by atoms with Crippen LogP contribution in [0.25, 0.3) is 0 Å². The molecule has 0 unspecified atom stereocenters. The van der Waals surface area contributed by atoms with Crippen molar-refractivity contribution >= 4 is 11.9 Å². The number of hydrogen-bond donors (Lipinski definition) is 3. The van der Waals surface area contributed by atoms with Gasteiger partial charge in [-0.15, -0.1) is 0 Å². The average molecular weight is 375 g/mol. The molecule has 1 aromatic heterocycles. The summed E-state index contributed by atoms with van der Waals surface area (Å²) < 4.78 is 0. The lowest BCUT2D eigenvalue weighted by molar-refractivity contribution is -0.151. The first-order valence-corrected chi connectivity index (χ1v) is 9.97. The van der Waals surface area contributed by atoms with Gasteiger partial charge in [0.05, 0.1) is 24.2 Å². The molecule has 2 fully saturated rings. The highest BCUT2D eigenvalue weighted by Gasteiger charge is 2.52. The van der Waals surface area contributed by atoms with E-state index in [9.17, 15) is 14.7 Å². The molecule has 0 saturated carbocycles. The summed E-state index contributed by atoms with van der Waals surface area (Å²) in [5, 5.41) is 19.9. The van der Waals surface area contributed by atoms with Crippen molar-refractivity contribution in [1.29, 1.82) is 0 Å². The number of likely N-dealkylation sites (N-methyl/N-ethyl adjacent to an activating group) is 1. The third kappa shape index (κ3) is 3.36. The summed E-state index contributed by atoms with van der Waals surface area (Å²) in [5.74, 6) is -0.767. The molecule has 1 aromatic rings. The van der Waals surface area contributed by atoms with E-state index in [1.807, 2.05) is 11.9 Å². The molecule has 148 valence electrons. The van der Waals surface area contributed by atoms with Crippen LogP contribution in [0.5, 0.6) is 0 Å². The van der Waals surface area contributed by atoms with Crippen LogP contribution in [0, 0.1) is 5.41 Å². The van der Waals surface area contributed by atoms with Gasteiger partial charge in [-0.2, -0.15) is 5.10 Å². The number of carbonyl (C=O) groups is 2. The van der Waals surface area contributed by atoms with Gasteiger partial charge in [0, 0.05) is 18.3 Å². The number of aliphatic carboxylic acids is 1. The van der Waals surface area contributed by atoms with E-state index in [1.165, 1.54) is 11.3 Å². The van der Waals surface area contributed by atoms with Gasteiger partial charge in [-0.05, 0) is 64.2 Å². The molecule has 2 aliphatic heterocycles. The van der Waals surface area contributed by atoms with Gasteiger partial charge in [0.15, 0.2) is 0 Å². The molecule has 4 rings (SSSR count). The Labute approximate surface area is 159 Å². The summed E-state index contributed by atoms with van der Waals surface area (Å²) in [4.78, 5) is 28.9. The van der Waals surface area contributed by atoms with Crippen molar-refractivity contribution in [2.45, 2.75) is 51.1 Å². The van der Waals surface area contributed by atoms with Gasteiger partial charge < -0.3 is 15.3 Å². The molecule has 1 amide bonds. The van der Waals surface area contributed by atoms with Crippen LogP contribution < -0.4 is 5.32 Å². The second-order valence-electron chi connectivity index (χ2n) is 8.32. The Balaban J connectivity index is 1.51. The van der Waals surface area contributed by atoms with Gasteiger partial charge >= 0.3 is 5.97 Å². The van der Waals surface area contributed by atoms with Crippen LogP contribution in [0.1, 0.15) is 42.6 Å². The minimum Gasteiger partial charge on any atom is -0.480 e. The molecule has 8 nitrogen and oxygen atoms in total. The maximum absolute atomic E-state index is 13.3. The minimum absolute atomic E-state index is 0.000408. The molecule has 3 N–H and O–H groups in total. The maximum atomic E-state index is 13.3. The number of aromatic amines is 1. The highest BCUT2D eigenvalue weighted by molar-refractivity contribution is 5.84. The number of nitrogens with one attached hydrogen (secondary N) is 2. The van der Waals surface area contributed by atoms with Crippen LogP contribution in [0.3, 0.4) is 0 Å². The molecule has 0 bridgehead atoms. The summed E-state index contributed by atoms with van der Waals surface area (Å²) in [5.41, 5.74) is 2.93. The molecule has 27 heavy (non-hydrogen) atoms. The topological polar surface area (TPSA) is 102 Å². The Morgan fingerprint density at radius 2 is 2.15 bits per heavy atom. The number of aromatic nitrogens is 2. The number of carboxylic acids is 1. The van der Waals surface area contributed by atoms with E-state index in [1.54, 1.807) is 0 Å². The number of likely N-dealkylation sites (tertiary alicyclic amines) is 2. The first-order valence-electron chi connectivity index (χ1n) is 9.97. The fourth-order valence-corrected chi connectivity index (χ4v) is 5.24. The van der Waals surface area contributed by atoms with Crippen LogP contribution in [-0.4, -0.2) is 76.2 Å². The number of amides is 1. The lowest BCUT2D eigenvalue weighted by Crippen LogP contribution is -2.65. The first kappa shape index (κ1) is 18.4. The van der Waals surface area contributed by atoms with E-state index in [4.69, 9.17) is 0 Å². The van der Waals surface area contributed by atoms with Crippen molar-refractivity contribution in [2.24, 2.45) is 5.41 Å². The van der Waals surface area contributed by atoms with Crippen LogP contribution in [-0.2, 0) is 29.0 Å². The van der Waals surface area contributed by atoms with Gasteiger partial charge in [-0.25, -0.2) is 0 Å². The van der Waals surface area contributed by atoms with E-state index in [-0.39, 0.29) is 18.5 Å². The molecule has 3 aliphatic rings. The third-order valence-electron chi connectivity index (χ3n) is 6.67. The van der Waals surface area contributed by atoms with Gasteiger partial charge in [-0.3, -0.25) is 19.6 Å². The number of H-pyrrole nitrogens is 1. The van der Waals surface area contributed by atoms with E-state index >= 15 is 0 Å². The number of carboxylic acid groups (broad SMARTS) is 1. The molecule has 2 saturated heterocycles. The monoisotopic (exact) mass is 375 g/mol. The standard InChI is InChI=1S/C19H29N5O3/c1-23-9-7-19(6-3-8-24(12-17(25)26)16(19)11-23)18(27)20-10-15-13-4-2-5-14(13)21-22-15/h16H,2-12H2,1H3,(H,20,27)(H,21,22)(H,25,26)/t16-,19+/m0/s1. The molecule has 3 heterocycles. The normalized spacial score (nSPS) is 28.6. The zero-order valence-electron chi connectivity index (χ0n) is 16.0. The lowest BCUT2D eigenvalue weighted by Gasteiger charge is -2.53. The van der Waals surface area contributed by atoms with E-state index in [0.29, 0.717) is 6.54 Å². The predicted molar refractivity (Wildman–Crippen MR) is 99.2 cm³/mol. The highest BCUT2D eigenvalue weighted by atomic mass is 16.4. The molecule has 2 atom stereocenters. The number of rotatable bonds is 5. The van der Waals surface area contributed by atoms with Crippen LogP contribution in [0.4, 0.5) is 0 Å². The molecule has 0 radical (unpaired) electrons. The first-order chi connectivity index (χ1) is 13.0. The van der Waals surface area contributed by atoms with Crippen molar-refractivity contribution in [3.63, 3.8) is 0 Å². The largest absolute Gasteiger partial charge is 0.480 e. The Morgan fingerprint density at radius 1 is 1.30 bits per heavy atom. The molecule has 1 aliphatic carbocycles. The summed E-state index contributed by atoms with van der Waals surface area (Å²) in [6.45, 7) is 2.79. The minimum atomic E-state index is -0.827. The summed E-state index contributed by atoms with van der Waals surface area (Å²) in [7, 11) is 2.04. The van der Waals surface area contributed by atoms with Gasteiger partial charge in [0.2, 0.25) is 5.91 Å². The zero-order chi connectivity index (χ0) is 19.0. The second kappa shape index (κ2) is 7.24. The van der Waals surface area contributed by atoms with E-state index < -0.39 is 11.4 Å².